The standard InChI is InChI=1S/C41H48FN5O3/c1-29(28-41(2,3)43)25-38(48)46(4)37(27-31-11-15-34(16-12-31)33-9-7-6-8-10-33)40(50)47(5)36(26-32-13-17-35(42)18-14-32)39(49)45-24-21-30-19-22-44-23-20-30/h6-20,22-23,25,36-37H,21,24,26-28,43H2,1-5H3,(H,45,49)/b29-25+/t36-,37-/m1/s1. The van der Waals surface area contributed by atoms with Gasteiger partial charge in [-0.1, -0.05) is 72.3 Å². The molecule has 4 aromatic rings. The zero-order valence-corrected chi connectivity index (χ0v) is 29.6. The van der Waals surface area contributed by atoms with Gasteiger partial charge in [0.1, 0.15) is 17.9 Å². The van der Waals surface area contributed by atoms with Gasteiger partial charge in [-0.2, -0.15) is 0 Å². The van der Waals surface area contributed by atoms with E-state index in [0.717, 1.165) is 27.8 Å². The molecule has 262 valence electrons. The molecule has 0 unspecified atom stereocenters. The molecule has 0 spiro atoms. The van der Waals surface area contributed by atoms with E-state index in [2.05, 4.69) is 10.3 Å². The summed E-state index contributed by atoms with van der Waals surface area (Å²) < 4.78 is 13.8. The molecular weight excluding hydrogens is 629 g/mol. The minimum absolute atomic E-state index is 0.157. The number of benzene rings is 3. The van der Waals surface area contributed by atoms with Gasteiger partial charge in [0.05, 0.1) is 0 Å². The van der Waals surface area contributed by atoms with E-state index >= 15 is 0 Å². The van der Waals surface area contributed by atoms with Crippen LogP contribution < -0.4 is 11.1 Å². The predicted octanol–water partition coefficient (Wildman–Crippen LogP) is 5.76. The predicted molar refractivity (Wildman–Crippen MR) is 196 cm³/mol. The van der Waals surface area contributed by atoms with Crippen LogP contribution in [0, 0.1) is 5.82 Å². The van der Waals surface area contributed by atoms with Gasteiger partial charge >= 0.3 is 0 Å². The highest BCUT2D eigenvalue weighted by molar-refractivity contribution is 5.95. The van der Waals surface area contributed by atoms with Crippen LogP contribution in [-0.2, 0) is 33.6 Å². The van der Waals surface area contributed by atoms with Gasteiger partial charge in [0.2, 0.25) is 17.7 Å². The molecular formula is C41H48FN5O3. The Morgan fingerprint density at radius 3 is 1.96 bits per heavy atom. The number of aromatic nitrogens is 1. The Bertz CT molecular complexity index is 1740. The summed E-state index contributed by atoms with van der Waals surface area (Å²) in [6.45, 7) is 5.98. The van der Waals surface area contributed by atoms with Crippen molar-refractivity contribution in [1.82, 2.24) is 20.1 Å². The van der Waals surface area contributed by atoms with Crippen LogP contribution in [0.4, 0.5) is 4.39 Å². The van der Waals surface area contributed by atoms with Gasteiger partial charge < -0.3 is 20.9 Å². The number of amides is 3. The molecule has 0 radical (unpaired) electrons. The number of hydrogen-bond acceptors (Lipinski definition) is 5. The molecule has 3 aromatic carbocycles. The van der Waals surface area contributed by atoms with Crippen molar-refractivity contribution >= 4 is 17.7 Å². The SMILES string of the molecule is C/C(=C\C(=O)N(C)[C@H](Cc1ccc(-c2ccccc2)cc1)C(=O)N(C)[C@H](Cc1ccc(F)cc1)C(=O)NCCc1ccncc1)CC(C)(C)N. The van der Waals surface area contributed by atoms with E-state index < -0.39 is 29.3 Å². The molecule has 4 rings (SSSR count). The molecule has 9 heteroatoms. The second-order valence-corrected chi connectivity index (χ2v) is 13.6. The highest BCUT2D eigenvalue weighted by atomic mass is 19.1. The molecule has 8 nitrogen and oxygen atoms in total. The summed E-state index contributed by atoms with van der Waals surface area (Å²) >= 11 is 0. The Hall–Kier alpha value is -5.15. The maximum atomic E-state index is 14.5. The topological polar surface area (TPSA) is 109 Å². The number of pyridine rings is 1. The first kappa shape index (κ1) is 37.7. The molecule has 0 saturated carbocycles. The number of carbonyl (C=O) groups excluding carboxylic acids is 3. The number of hydrogen-bond donors (Lipinski definition) is 2. The van der Waals surface area contributed by atoms with Gasteiger partial charge in [0, 0.05) is 57.5 Å². The summed E-state index contributed by atoms with van der Waals surface area (Å²) in [5.74, 6) is -1.47. The number of likely N-dealkylation sites (N-methyl/N-ethyl adjacent to an activating group) is 2. The molecule has 0 saturated heterocycles. The molecule has 1 heterocycles. The lowest BCUT2D eigenvalue weighted by Crippen LogP contribution is -2.56. The van der Waals surface area contributed by atoms with Crippen LogP contribution in [-0.4, -0.2) is 70.8 Å². The average Bonchev–Trinajstić information content (AvgIpc) is 3.09. The minimum Gasteiger partial charge on any atom is -0.354 e. The number of nitrogens with one attached hydrogen (secondary N) is 1. The highest BCUT2D eigenvalue weighted by Crippen LogP contribution is 2.22. The van der Waals surface area contributed by atoms with Gasteiger partial charge in [0.15, 0.2) is 0 Å². The van der Waals surface area contributed by atoms with Crippen molar-refractivity contribution in [3.8, 4) is 11.1 Å². The van der Waals surface area contributed by atoms with E-state index in [1.807, 2.05) is 87.5 Å². The van der Waals surface area contributed by atoms with Crippen LogP contribution in [0.5, 0.6) is 0 Å². The third-order valence-corrected chi connectivity index (χ3v) is 8.62. The van der Waals surface area contributed by atoms with E-state index in [0.29, 0.717) is 24.9 Å². The number of carbonyl (C=O) groups is 3. The van der Waals surface area contributed by atoms with Crippen molar-refractivity contribution in [2.45, 2.75) is 64.1 Å². The molecule has 0 bridgehead atoms. The van der Waals surface area contributed by atoms with E-state index in [1.165, 1.54) is 28.0 Å². The molecule has 0 aliphatic heterocycles. The molecule has 0 aliphatic carbocycles. The van der Waals surface area contributed by atoms with E-state index in [4.69, 9.17) is 5.73 Å². The average molecular weight is 678 g/mol. The minimum atomic E-state index is -0.926. The molecule has 2 atom stereocenters. The fraction of sp³-hybridized carbons (Fsp3) is 0.317. The zero-order chi connectivity index (χ0) is 36.3. The molecule has 0 fully saturated rings. The lowest BCUT2D eigenvalue weighted by molar-refractivity contribution is -0.146. The van der Waals surface area contributed by atoms with Crippen molar-refractivity contribution in [3.05, 3.63) is 138 Å². The Kier molecular flexibility index (Phi) is 13.2. The van der Waals surface area contributed by atoms with Gasteiger partial charge in [-0.05, 0) is 85.7 Å². The normalized spacial score (nSPS) is 12.9. The lowest BCUT2D eigenvalue weighted by atomic mass is 9.96. The zero-order valence-electron chi connectivity index (χ0n) is 29.6. The molecule has 1 aromatic heterocycles. The van der Waals surface area contributed by atoms with Crippen LogP contribution in [0.25, 0.3) is 11.1 Å². The number of nitrogens with zero attached hydrogens (tertiary/aromatic N) is 3. The lowest BCUT2D eigenvalue weighted by Gasteiger charge is -2.34. The van der Waals surface area contributed by atoms with Crippen molar-refractivity contribution in [2.75, 3.05) is 20.6 Å². The van der Waals surface area contributed by atoms with E-state index in [-0.39, 0.29) is 24.7 Å². The maximum Gasteiger partial charge on any atom is 0.246 e. The largest absolute Gasteiger partial charge is 0.354 e. The summed E-state index contributed by atoms with van der Waals surface area (Å²) in [5, 5.41) is 2.98. The van der Waals surface area contributed by atoms with Crippen molar-refractivity contribution < 1.29 is 18.8 Å². The molecule has 3 amide bonds. The van der Waals surface area contributed by atoms with Crippen molar-refractivity contribution in [1.29, 1.82) is 0 Å². The summed E-state index contributed by atoms with van der Waals surface area (Å²) in [6.07, 6.45) is 6.39. The van der Waals surface area contributed by atoms with Crippen molar-refractivity contribution in [3.63, 3.8) is 0 Å². The van der Waals surface area contributed by atoms with E-state index in [9.17, 15) is 18.8 Å². The Labute approximate surface area is 295 Å². The fourth-order valence-electron chi connectivity index (χ4n) is 5.95. The van der Waals surface area contributed by atoms with Crippen LogP contribution in [0.2, 0.25) is 0 Å². The second kappa shape index (κ2) is 17.5. The highest BCUT2D eigenvalue weighted by Gasteiger charge is 2.35. The second-order valence-electron chi connectivity index (χ2n) is 13.6. The third kappa shape index (κ3) is 11.2. The first-order chi connectivity index (χ1) is 23.8. The molecule has 3 N–H and O–H groups in total. The fourth-order valence-corrected chi connectivity index (χ4v) is 5.95. The Balaban J connectivity index is 1.63. The third-order valence-electron chi connectivity index (χ3n) is 8.62. The summed E-state index contributed by atoms with van der Waals surface area (Å²) in [5.41, 5.74) is 11.2. The monoisotopic (exact) mass is 677 g/mol. The van der Waals surface area contributed by atoms with Gasteiger partial charge in [0.25, 0.3) is 0 Å². The summed E-state index contributed by atoms with van der Waals surface area (Å²) in [6, 6.07) is 25.7. The number of rotatable bonds is 15. The van der Waals surface area contributed by atoms with Crippen molar-refractivity contribution in [2.24, 2.45) is 5.73 Å². The molecule has 0 aliphatic rings. The van der Waals surface area contributed by atoms with Crippen LogP contribution >= 0.6 is 0 Å². The Morgan fingerprint density at radius 2 is 1.36 bits per heavy atom. The Morgan fingerprint density at radius 1 is 0.800 bits per heavy atom. The number of nitrogens with two attached hydrogens (primary N) is 1. The summed E-state index contributed by atoms with van der Waals surface area (Å²) in [7, 11) is 3.19. The molecule has 50 heavy (non-hydrogen) atoms. The first-order valence-corrected chi connectivity index (χ1v) is 16.9. The van der Waals surface area contributed by atoms with Crippen LogP contribution in [0.1, 0.15) is 43.9 Å². The first-order valence-electron chi connectivity index (χ1n) is 16.9. The van der Waals surface area contributed by atoms with Crippen LogP contribution in [0.3, 0.4) is 0 Å². The van der Waals surface area contributed by atoms with Gasteiger partial charge in [-0.15, -0.1) is 0 Å². The summed E-state index contributed by atoms with van der Waals surface area (Å²) in [4.78, 5) is 48.9. The maximum absolute atomic E-state index is 14.5. The quantitative estimate of drug-likeness (QED) is 0.156. The van der Waals surface area contributed by atoms with Gasteiger partial charge in [-0.25, -0.2) is 4.39 Å². The number of halogens is 1. The van der Waals surface area contributed by atoms with Gasteiger partial charge in [-0.3, -0.25) is 19.4 Å². The smallest absolute Gasteiger partial charge is 0.246 e. The van der Waals surface area contributed by atoms with Crippen LogP contribution in [0.15, 0.2) is 115 Å². The van der Waals surface area contributed by atoms with E-state index in [1.54, 1.807) is 38.6 Å².